The Morgan fingerprint density at radius 3 is 2.39 bits per heavy atom. The normalized spacial score (nSPS) is 18.1. The van der Waals surface area contributed by atoms with Gasteiger partial charge < -0.3 is 0 Å². The maximum atomic E-state index is 12.9. The van der Waals surface area contributed by atoms with Crippen LogP contribution in [0.1, 0.15) is 17.2 Å². The molecule has 1 heterocycles. The van der Waals surface area contributed by atoms with E-state index >= 15 is 0 Å². The van der Waals surface area contributed by atoms with Gasteiger partial charge in [-0.1, -0.05) is 64.0 Å². The molecule has 1 unspecified atom stereocenters. The molecule has 1 atom stereocenters. The Bertz CT molecular complexity index is 817. The van der Waals surface area contributed by atoms with Gasteiger partial charge in [0.25, 0.3) is 10.0 Å². The van der Waals surface area contributed by atoms with Crippen molar-refractivity contribution in [3.63, 3.8) is 0 Å². The third-order valence-corrected chi connectivity index (χ3v) is 6.15. The highest BCUT2D eigenvalue weighted by Crippen LogP contribution is 2.29. The SMILES string of the molecule is Cc1ccc(S(=O)(=O)N2CC(c3ccccc3)N=C2CBr)cc1. The molecule has 3 rings (SSSR count). The van der Waals surface area contributed by atoms with E-state index in [4.69, 9.17) is 0 Å². The number of halogens is 1. The first kappa shape index (κ1) is 16.2. The van der Waals surface area contributed by atoms with Crippen LogP contribution in [0.25, 0.3) is 0 Å². The van der Waals surface area contributed by atoms with Gasteiger partial charge in [-0.3, -0.25) is 9.30 Å². The van der Waals surface area contributed by atoms with E-state index < -0.39 is 10.0 Å². The molecule has 0 saturated carbocycles. The number of benzene rings is 2. The summed E-state index contributed by atoms with van der Waals surface area (Å²) in [5, 5.41) is 0.404. The van der Waals surface area contributed by atoms with Gasteiger partial charge in [0, 0.05) is 0 Å². The van der Waals surface area contributed by atoms with E-state index in [1.807, 2.05) is 49.4 Å². The monoisotopic (exact) mass is 392 g/mol. The molecule has 0 aromatic heterocycles. The van der Waals surface area contributed by atoms with Crippen LogP contribution in [0.3, 0.4) is 0 Å². The lowest BCUT2D eigenvalue weighted by Gasteiger charge is -2.20. The number of amidine groups is 1. The number of alkyl halides is 1. The van der Waals surface area contributed by atoms with Gasteiger partial charge in [0.05, 0.1) is 22.8 Å². The van der Waals surface area contributed by atoms with Crippen molar-refractivity contribution in [2.75, 3.05) is 11.9 Å². The van der Waals surface area contributed by atoms with E-state index in [1.54, 1.807) is 12.1 Å². The van der Waals surface area contributed by atoms with Gasteiger partial charge in [0.1, 0.15) is 5.84 Å². The van der Waals surface area contributed by atoms with E-state index in [0.717, 1.165) is 11.1 Å². The fourth-order valence-electron chi connectivity index (χ4n) is 2.58. The smallest absolute Gasteiger partial charge is 0.261 e. The highest BCUT2D eigenvalue weighted by Gasteiger charge is 2.34. The molecule has 6 heteroatoms. The number of hydrogen-bond acceptors (Lipinski definition) is 3. The van der Waals surface area contributed by atoms with E-state index in [-0.39, 0.29) is 6.04 Å². The van der Waals surface area contributed by atoms with Crippen LogP contribution in [-0.4, -0.2) is 30.4 Å². The minimum atomic E-state index is -3.59. The molecule has 0 spiro atoms. The number of aliphatic imine (C=N–C) groups is 1. The predicted octanol–water partition coefficient (Wildman–Crippen LogP) is 3.53. The molecule has 4 nitrogen and oxygen atoms in total. The van der Waals surface area contributed by atoms with Crippen molar-refractivity contribution in [3.8, 4) is 0 Å². The minimum absolute atomic E-state index is 0.163. The second-order valence-electron chi connectivity index (χ2n) is 5.45. The Balaban J connectivity index is 1.94. The number of sulfonamides is 1. The molecule has 0 radical (unpaired) electrons. The van der Waals surface area contributed by atoms with Crippen LogP contribution in [-0.2, 0) is 10.0 Å². The third-order valence-electron chi connectivity index (χ3n) is 3.84. The lowest BCUT2D eigenvalue weighted by molar-refractivity contribution is 0.519. The third kappa shape index (κ3) is 3.19. The molecule has 23 heavy (non-hydrogen) atoms. The first-order chi connectivity index (χ1) is 11.0. The van der Waals surface area contributed by atoms with Crippen LogP contribution in [0.2, 0.25) is 0 Å². The van der Waals surface area contributed by atoms with E-state index in [9.17, 15) is 8.42 Å². The number of rotatable bonds is 4. The second kappa shape index (κ2) is 6.45. The van der Waals surface area contributed by atoms with E-state index in [0.29, 0.717) is 22.6 Å². The first-order valence-corrected chi connectivity index (χ1v) is 9.85. The zero-order chi connectivity index (χ0) is 16.4. The zero-order valence-electron chi connectivity index (χ0n) is 12.7. The molecule has 2 aromatic rings. The lowest BCUT2D eigenvalue weighted by atomic mass is 10.1. The molecule has 0 N–H and O–H groups in total. The molecular formula is C17H17BrN2O2S. The van der Waals surface area contributed by atoms with Crippen molar-refractivity contribution in [2.24, 2.45) is 4.99 Å². The van der Waals surface area contributed by atoms with Crippen LogP contribution >= 0.6 is 15.9 Å². The summed E-state index contributed by atoms with van der Waals surface area (Å²) >= 11 is 3.36. The highest BCUT2D eigenvalue weighted by atomic mass is 79.9. The van der Waals surface area contributed by atoms with E-state index in [2.05, 4.69) is 20.9 Å². The molecule has 0 saturated heterocycles. The Kier molecular flexibility index (Phi) is 4.55. The van der Waals surface area contributed by atoms with Gasteiger partial charge in [0.2, 0.25) is 0 Å². The van der Waals surface area contributed by atoms with Crippen molar-refractivity contribution in [1.82, 2.24) is 4.31 Å². The van der Waals surface area contributed by atoms with Gasteiger partial charge in [-0.15, -0.1) is 0 Å². The lowest BCUT2D eigenvalue weighted by Crippen LogP contribution is -2.35. The summed E-state index contributed by atoms with van der Waals surface area (Å²) in [7, 11) is -3.59. The standard InChI is InChI=1S/C17H17BrN2O2S/c1-13-7-9-15(10-8-13)23(21,22)20-12-16(19-17(20)11-18)14-5-3-2-4-6-14/h2-10,16H,11-12H2,1H3. The predicted molar refractivity (Wildman–Crippen MR) is 95.5 cm³/mol. The quantitative estimate of drug-likeness (QED) is 0.747. The van der Waals surface area contributed by atoms with Crippen LogP contribution < -0.4 is 0 Å². The molecule has 0 fully saturated rings. The summed E-state index contributed by atoms with van der Waals surface area (Å²) in [6.45, 7) is 2.27. The highest BCUT2D eigenvalue weighted by molar-refractivity contribution is 9.09. The van der Waals surface area contributed by atoms with Crippen molar-refractivity contribution < 1.29 is 8.42 Å². The van der Waals surface area contributed by atoms with E-state index in [1.165, 1.54) is 4.31 Å². The van der Waals surface area contributed by atoms with Crippen LogP contribution in [0.15, 0.2) is 64.5 Å². The number of aryl methyl sites for hydroxylation is 1. The van der Waals surface area contributed by atoms with Crippen LogP contribution in [0, 0.1) is 6.92 Å². The average Bonchev–Trinajstić information content (AvgIpc) is 3.01. The minimum Gasteiger partial charge on any atom is -0.261 e. The number of hydrogen-bond donors (Lipinski definition) is 0. The summed E-state index contributed by atoms with van der Waals surface area (Å²) in [4.78, 5) is 4.88. The van der Waals surface area contributed by atoms with Crippen molar-refractivity contribution in [1.29, 1.82) is 0 Å². The van der Waals surface area contributed by atoms with Gasteiger partial charge in [-0.2, -0.15) is 0 Å². The average molecular weight is 393 g/mol. The maximum Gasteiger partial charge on any atom is 0.265 e. The van der Waals surface area contributed by atoms with Gasteiger partial charge >= 0.3 is 0 Å². The van der Waals surface area contributed by atoms with Crippen LogP contribution in [0.4, 0.5) is 0 Å². The largest absolute Gasteiger partial charge is 0.265 e. The van der Waals surface area contributed by atoms with Crippen LogP contribution in [0.5, 0.6) is 0 Å². The Labute approximate surface area is 145 Å². The fraction of sp³-hybridized carbons (Fsp3) is 0.235. The molecule has 1 aliphatic heterocycles. The van der Waals surface area contributed by atoms with Gasteiger partial charge in [-0.25, -0.2) is 8.42 Å². The topological polar surface area (TPSA) is 49.7 Å². The molecule has 0 amide bonds. The first-order valence-electron chi connectivity index (χ1n) is 7.29. The molecule has 0 aliphatic carbocycles. The Hall–Kier alpha value is -1.66. The number of nitrogens with zero attached hydrogens (tertiary/aromatic N) is 2. The zero-order valence-corrected chi connectivity index (χ0v) is 15.1. The van der Waals surface area contributed by atoms with Crippen molar-refractivity contribution in [3.05, 3.63) is 65.7 Å². The van der Waals surface area contributed by atoms with Gasteiger partial charge in [0.15, 0.2) is 0 Å². The van der Waals surface area contributed by atoms with Gasteiger partial charge in [-0.05, 0) is 24.6 Å². The molecule has 0 bridgehead atoms. The second-order valence-corrected chi connectivity index (χ2v) is 7.88. The summed E-state index contributed by atoms with van der Waals surface area (Å²) in [5.41, 5.74) is 2.05. The fourth-order valence-corrected chi connectivity index (χ4v) is 4.65. The summed E-state index contributed by atoms with van der Waals surface area (Å²) < 4.78 is 27.2. The summed E-state index contributed by atoms with van der Waals surface area (Å²) in [6.07, 6.45) is 0. The molecule has 2 aromatic carbocycles. The Morgan fingerprint density at radius 1 is 1.13 bits per heavy atom. The molecule has 120 valence electrons. The molecular weight excluding hydrogens is 376 g/mol. The van der Waals surface area contributed by atoms with Crippen molar-refractivity contribution in [2.45, 2.75) is 17.9 Å². The Morgan fingerprint density at radius 2 is 1.78 bits per heavy atom. The van der Waals surface area contributed by atoms with Crippen molar-refractivity contribution >= 4 is 31.8 Å². The molecule has 1 aliphatic rings. The summed E-state index contributed by atoms with van der Waals surface area (Å²) in [5.74, 6) is 0.541. The maximum absolute atomic E-state index is 12.9. The summed E-state index contributed by atoms with van der Waals surface area (Å²) in [6, 6.07) is 16.5.